The third-order valence-electron chi connectivity index (χ3n) is 2.08. The Morgan fingerprint density at radius 1 is 1.27 bits per heavy atom. The minimum absolute atomic E-state index is 0.218. The van der Waals surface area contributed by atoms with Gasteiger partial charge in [-0.25, -0.2) is 0 Å². The molecule has 4 N–H and O–H groups in total. The quantitative estimate of drug-likeness (QED) is 0.401. The Morgan fingerprint density at radius 2 is 1.87 bits per heavy atom. The molecule has 0 bridgehead atoms. The van der Waals surface area contributed by atoms with Gasteiger partial charge in [-0.3, -0.25) is 5.32 Å². The highest BCUT2D eigenvalue weighted by Gasteiger charge is 2.27. The summed E-state index contributed by atoms with van der Waals surface area (Å²) in [4.78, 5) is 1.30. The van der Waals surface area contributed by atoms with Gasteiger partial charge in [0.1, 0.15) is 0 Å². The van der Waals surface area contributed by atoms with E-state index in [2.05, 4.69) is 20.7 Å². The maximum absolute atomic E-state index is 9.02. The zero-order valence-electron chi connectivity index (χ0n) is 8.46. The fourth-order valence-electron chi connectivity index (χ4n) is 0.978. The molecule has 0 saturated heterocycles. The monoisotopic (exact) mass is 217 g/mol. The fraction of sp³-hybridized carbons (Fsp3) is 0.857. The van der Waals surface area contributed by atoms with Crippen molar-refractivity contribution < 1.29 is 15.3 Å². The number of nitrogens with one attached hydrogen (secondary N) is 1. The number of hydrogen-bond acceptors (Lipinski definition) is 7. The van der Waals surface area contributed by atoms with E-state index >= 15 is 0 Å². The first-order valence-corrected chi connectivity index (χ1v) is 4.46. The smallest absolute Gasteiger partial charge is 0.188 e. The highest BCUT2D eigenvalue weighted by atomic mass is 16.3. The van der Waals surface area contributed by atoms with Gasteiger partial charge >= 0.3 is 0 Å². The Hall–Kier alpha value is -1.09. The molecule has 0 aliphatic carbocycles. The Morgan fingerprint density at radius 3 is 2.27 bits per heavy atom. The number of nitrogens with zero attached hydrogens (tertiary/aromatic N) is 4. The number of aromatic nitrogens is 4. The summed E-state index contributed by atoms with van der Waals surface area (Å²) in [6, 6.07) is 0. The molecule has 86 valence electrons. The van der Waals surface area contributed by atoms with E-state index in [-0.39, 0.29) is 26.4 Å². The average molecular weight is 217 g/mol. The molecule has 1 aromatic rings. The number of hydrogen-bond donors (Lipinski definition) is 4. The van der Waals surface area contributed by atoms with Gasteiger partial charge in [0, 0.05) is 0 Å². The lowest BCUT2D eigenvalue weighted by Crippen LogP contribution is -2.54. The van der Waals surface area contributed by atoms with Crippen molar-refractivity contribution >= 4 is 0 Å². The van der Waals surface area contributed by atoms with E-state index in [0.717, 1.165) is 0 Å². The summed E-state index contributed by atoms with van der Waals surface area (Å²) in [6.45, 7) is -0.906. The molecule has 8 heteroatoms. The lowest BCUT2D eigenvalue weighted by molar-refractivity contribution is 0.0409. The van der Waals surface area contributed by atoms with Crippen molar-refractivity contribution in [1.29, 1.82) is 0 Å². The third kappa shape index (κ3) is 2.93. The Balaban J connectivity index is 2.54. The molecule has 0 atom stereocenters. The summed E-state index contributed by atoms with van der Waals surface area (Å²) in [5.74, 6) is 0.428. The van der Waals surface area contributed by atoms with Crippen molar-refractivity contribution in [2.45, 2.75) is 12.1 Å². The summed E-state index contributed by atoms with van der Waals surface area (Å²) in [6.07, 6.45) is 0. The lowest BCUT2D eigenvalue weighted by atomic mass is 10.0. The van der Waals surface area contributed by atoms with Crippen molar-refractivity contribution in [2.75, 3.05) is 19.8 Å². The van der Waals surface area contributed by atoms with Crippen LogP contribution in [0.3, 0.4) is 0 Å². The normalized spacial score (nSPS) is 12.0. The number of aliphatic hydroxyl groups is 3. The van der Waals surface area contributed by atoms with E-state index in [1.165, 1.54) is 4.80 Å². The van der Waals surface area contributed by atoms with Gasteiger partial charge in [0.2, 0.25) is 0 Å². The zero-order valence-corrected chi connectivity index (χ0v) is 8.46. The first kappa shape index (κ1) is 12.0. The molecule has 8 nitrogen and oxygen atoms in total. The standard InChI is InChI=1S/C7H15N5O3/c1-12-10-6(9-11-12)2-8-7(3-13,4-14)5-15/h8,13-15H,2-5H2,1H3. The van der Waals surface area contributed by atoms with Gasteiger partial charge in [-0.05, 0) is 5.21 Å². The van der Waals surface area contributed by atoms with E-state index in [1.807, 2.05) is 0 Å². The first-order valence-electron chi connectivity index (χ1n) is 4.46. The Kier molecular flexibility index (Phi) is 4.09. The zero-order chi connectivity index (χ0) is 11.3. The van der Waals surface area contributed by atoms with Crippen LogP contribution in [0.1, 0.15) is 5.82 Å². The van der Waals surface area contributed by atoms with Gasteiger partial charge in [0.15, 0.2) is 5.82 Å². The number of aryl methyl sites for hydroxylation is 1. The van der Waals surface area contributed by atoms with E-state index in [4.69, 9.17) is 15.3 Å². The molecule has 15 heavy (non-hydrogen) atoms. The van der Waals surface area contributed by atoms with Crippen LogP contribution < -0.4 is 5.32 Å². The molecular weight excluding hydrogens is 202 g/mol. The topological polar surface area (TPSA) is 116 Å². The summed E-state index contributed by atoms with van der Waals surface area (Å²) in [7, 11) is 1.63. The van der Waals surface area contributed by atoms with Gasteiger partial charge in [-0.1, -0.05) is 0 Å². The molecule has 0 radical (unpaired) electrons. The second-order valence-corrected chi connectivity index (χ2v) is 3.30. The molecule has 0 aliphatic heterocycles. The van der Waals surface area contributed by atoms with Crippen LogP contribution in [0.2, 0.25) is 0 Å². The van der Waals surface area contributed by atoms with E-state index in [1.54, 1.807) is 7.05 Å². The number of tetrazole rings is 1. The van der Waals surface area contributed by atoms with Crippen LogP contribution in [0.4, 0.5) is 0 Å². The van der Waals surface area contributed by atoms with Gasteiger partial charge in [0.05, 0.1) is 39.0 Å². The second-order valence-electron chi connectivity index (χ2n) is 3.30. The van der Waals surface area contributed by atoms with E-state index in [0.29, 0.717) is 5.82 Å². The largest absolute Gasteiger partial charge is 0.394 e. The van der Waals surface area contributed by atoms with Crippen LogP contribution in [0.15, 0.2) is 0 Å². The fourth-order valence-corrected chi connectivity index (χ4v) is 0.978. The first-order chi connectivity index (χ1) is 7.15. The van der Waals surface area contributed by atoms with Crippen LogP contribution in [-0.2, 0) is 13.6 Å². The molecule has 0 aliphatic rings. The van der Waals surface area contributed by atoms with E-state index < -0.39 is 5.54 Å². The predicted molar refractivity (Wildman–Crippen MR) is 49.6 cm³/mol. The molecule has 0 saturated carbocycles. The van der Waals surface area contributed by atoms with E-state index in [9.17, 15) is 0 Å². The van der Waals surface area contributed by atoms with Crippen LogP contribution in [0.5, 0.6) is 0 Å². The molecule has 0 amide bonds. The summed E-state index contributed by atoms with van der Waals surface area (Å²) in [5, 5.41) is 41.1. The highest BCUT2D eigenvalue weighted by molar-refractivity contribution is 4.89. The molecule has 0 aromatic carbocycles. The highest BCUT2D eigenvalue weighted by Crippen LogP contribution is 2.02. The molecular formula is C7H15N5O3. The van der Waals surface area contributed by atoms with Crippen LogP contribution >= 0.6 is 0 Å². The molecule has 0 unspecified atom stereocenters. The SMILES string of the molecule is Cn1nnc(CNC(CO)(CO)CO)n1. The van der Waals surface area contributed by atoms with Crippen molar-refractivity contribution in [1.82, 2.24) is 25.5 Å². The predicted octanol–water partition coefficient (Wildman–Crippen LogP) is -2.98. The molecule has 0 fully saturated rings. The van der Waals surface area contributed by atoms with Crippen molar-refractivity contribution in [3.63, 3.8) is 0 Å². The summed E-state index contributed by atoms with van der Waals surface area (Å²) >= 11 is 0. The van der Waals surface area contributed by atoms with Crippen molar-refractivity contribution in [3.05, 3.63) is 5.82 Å². The van der Waals surface area contributed by atoms with Crippen molar-refractivity contribution in [2.24, 2.45) is 7.05 Å². The third-order valence-corrected chi connectivity index (χ3v) is 2.08. The minimum atomic E-state index is -1.11. The lowest BCUT2D eigenvalue weighted by Gasteiger charge is -2.27. The maximum Gasteiger partial charge on any atom is 0.188 e. The molecule has 1 rings (SSSR count). The molecule has 1 heterocycles. The summed E-state index contributed by atoms with van der Waals surface area (Å²) < 4.78 is 0. The van der Waals surface area contributed by atoms with Crippen LogP contribution in [0.25, 0.3) is 0 Å². The molecule has 1 aromatic heterocycles. The van der Waals surface area contributed by atoms with Gasteiger partial charge < -0.3 is 15.3 Å². The van der Waals surface area contributed by atoms with Crippen molar-refractivity contribution in [3.8, 4) is 0 Å². The van der Waals surface area contributed by atoms with Gasteiger partial charge in [-0.15, -0.1) is 10.2 Å². The average Bonchev–Trinajstić information content (AvgIpc) is 2.67. The second kappa shape index (κ2) is 5.12. The minimum Gasteiger partial charge on any atom is -0.394 e. The Labute approximate surface area is 86.5 Å². The van der Waals surface area contributed by atoms with Gasteiger partial charge in [-0.2, -0.15) is 4.80 Å². The van der Waals surface area contributed by atoms with Crippen LogP contribution in [0, 0.1) is 0 Å². The van der Waals surface area contributed by atoms with Gasteiger partial charge in [0.25, 0.3) is 0 Å². The maximum atomic E-state index is 9.02. The Bertz CT molecular complexity index is 290. The summed E-state index contributed by atoms with van der Waals surface area (Å²) in [5.41, 5.74) is -1.11. The number of rotatable bonds is 6. The molecule has 0 spiro atoms. The number of aliphatic hydroxyl groups excluding tert-OH is 3. The van der Waals surface area contributed by atoms with Crippen LogP contribution in [-0.4, -0.2) is 60.9 Å².